The van der Waals surface area contributed by atoms with Gasteiger partial charge in [-0.3, -0.25) is 9.48 Å². The zero-order valence-corrected chi connectivity index (χ0v) is 14.1. The highest BCUT2D eigenvalue weighted by atomic mass is 32.1. The number of halogens is 1. The number of hydrogen-bond donors (Lipinski definition) is 1. The molecule has 0 bridgehead atoms. The fourth-order valence-electron chi connectivity index (χ4n) is 2.22. The maximum atomic E-state index is 12.9. The minimum Gasteiger partial charge on any atom is -0.344 e. The molecule has 0 aliphatic rings. The van der Waals surface area contributed by atoms with Gasteiger partial charge in [-0.15, -0.1) is 11.3 Å². The molecule has 0 spiro atoms. The summed E-state index contributed by atoms with van der Waals surface area (Å²) in [5.74, 6) is 0.0969. The van der Waals surface area contributed by atoms with Crippen molar-refractivity contribution in [2.24, 2.45) is 7.05 Å². The van der Waals surface area contributed by atoms with Crippen molar-refractivity contribution in [1.82, 2.24) is 25.1 Å². The van der Waals surface area contributed by atoms with E-state index in [0.29, 0.717) is 22.8 Å². The molecule has 6 nitrogen and oxygen atoms in total. The number of amides is 1. The van der Waals surface area contributed by atoms with Crippen LogP contribution in [0.25, 0.3) is 0 Å². The molecule has 8 heteroatoms. The summed E-state index contributed by atoms with van der Waals surface area (Å²) in [5.41, 5.74) is 1.64. The monoisotopic (exact) mass is 345 g/mol. The number of benzene rings is 1. The Labute approximate surface area is 142 Å². The number of thiazole rings is 1. The normalized spacial score (nSPS) is 10.8. The lowest BCUT2D eigenvalue weighted by molar-refractivity contribution is 0.0953. The Kier molecular flexibility index (Phi) is 4.66. The van der Waals surface area contributed by atoms with E-state index >= 15 is 0 Å². The predicted molar refractivity (Wildman–Crippen MR) is 88.2 cm³/mol. The second-order valence-electron chi connectivity index (χ2n) is 5.34. The van der Waals surface area contributed by atoms with Crippen LogP contribution in [0.4, 0.5) is 4.39 Å². The number of nitrogens with one attached hydrogen (secondary N) is 1. The van der Waals surface area contributed by atoms with Crippen LogP contribution in [0, 0.1) is 12.7 Å². The second-order valence-corrected chi connectivity index (χ2v) is 6.43. The minimum atomic E-state index is -0.266. The van der Waals surface area contributed by atoms with Crippen molar-refractivity contribution in [2.75, 3.05) is 0 Å². The van der Waals surface area contributed by atoms with E-state index in [-0.39, 0.29) is 18.3 Å². The van der Waals surface area contributed by atoms with Gasteiger partial charge in [0.2, 0.25) is 0 Å². The lowest BCUT2D eigenvalue weighted by atomic mass is 10.1. The van der Waals surface area contributed by atoms with E-state index in [1.165, 1.54) is 23.5 Å². The Bertz CT molecular complexity index is 856. The Hall–Kier alpha value is -2.61. The molecule has 3 rings (SSSR count). The van der Waals surface area contributed by atoms with Crippen LogP contribution in [0.2, 0.25) is 0 Å². The molecule has 0 saturated heterocycles. The van der Waals surface area contributed by atoms with Gasteiger partial charge < -0.3 is 5.32 Å². The van der Waals surface area contributed by atoms with E-state index in [1.807, 2.05) is 0 Å². The molecule has 0 radical (unpaired) electrons. The van der Waals surface area contributed by atoms with Gasteiger partial charge in [0.05, 0.1) is 17.2 Å². The largest absolute Gasteiger partial charge is 0.344 e. The average Bonchev–Trinajstić information content (AvgIpc) is 3.13. The van der Waals surface area contributed by atoms with Crippen LogP contribution in [0.3, 0.4) is 0 Å². The van der Waals surface area contributed by atoms with Gasteiger partial charge in [0.15, 0.2) is 5.82 Å². The van der Waals surface area contributed by atoms with Gasteiger partial charge in [-0.2, -0.15) is 5.10 Å². The standard InChI is InChI=1S/C16H16FN5OS/c1-10-15(16(23)18-8-13-19-9-22(2)21-13)24-14(20-10)7-11-3-5-12(17)6-4-11/h3-6,9H,7-8H2,1-2H3,(H,18,23). The van der Waals surface area contributed by atoms with Crippen LogP contribution in [-0.4, -0.2) is 25.7 Å². The van der Waals surface area contributed by atoms with E-state index in [2.05, 4.69) is 20.4 Å². The lowest BCUT2D eigenvalue weighted by Gasteiger charge is -2.00. The SMILES string of the molecule is Cc1nc(Cc2ccc(F)cc2)sc1C(=O)NCc1ncn(C)n1. The highest BCUT2D eigenvalue weighted by molar-refractivity contribution is 7.13. The molecule has 2 heterocycles. The van der Waals surface area contributed by atoms with Crippen molar-refractivity contribution in [1.29, 1.82) is 0 Å². The topological polar surface area (TPSA) is 72.7 Å². The van der Waals surface area contributed by atoms with Crippen LogP contribution < -0.4 is 5.32 Å². The highest BCUT2D eigenvalue weighted by Crippen LogP contribution is 2.21. The van der Waals surface area contributed by atoms with Crippen LogP contribution in [-0.2, 0) is 20.0 Å². The minimum absolute atomic E-state index is 0.192. The summed E-state index contributed by atoms with van der Waals surface area (Å²) in [6.45, 7) is 2.07. The number of aromatic nitrogens is 4. The van der Waals surface area contributed by atoms with E-state index in [9.17, 15) is 9.18 Å². The molecule has 1 amide bonds. The summed E-state index contributed by atoms with van der Waals surface area (Å²) in [7, 11) is 1.77. The highest BCUT2D eigenvalue weighted by Gasteiger charge is 2.16. The third-order valence-electron chi connectivity index (χ3n) is 3.37. The molecule has 0 atom stereocenters. The zero-order chi connectivity index (χ0) is 17.1. The molecular weight excluding hydrogens is 329 g/mol. The van der Waals surface area contributed by atoms with Crippen LogP contribution in [0.5, 0.6) is 0 Å². The number of hydrogen-bond acceptors (Lipinski definition) is 5. The second kappa shape index (κ2) is 6.88. The van der Waals surface area contributed by atoms with E-state index in [4.69, 9.17) is 0 Å². The smallest absolute Gasteiger partial charge is 0.263 e. The van der Waals surface area contributed by atoms with Crippen LogP contribution in [0.15, 0.2) is 30.6 Å². The maximum Gasteiger partial charge on any atom is 0.263 e. The summed E-state index contributed by atoms with van der Waals surface area (Å²) in [6.07, 6.45) is 2.15. The van der Waals surface area contributed by atoms with Crippen molar-refractivity contribution in [3.63, 3.8) is 0 Å². The molecule has 0 unspecified atom stereocenters. The first-order chi connectivity index (χ1) is 11.5. The van der Waals surface area contributed by atoms with Crippen LogP contribution in [0.1, 0.15) is 31.8 Å². The van der Waals surface area contributed by atoms with Crippen molar-refractivity contribution >= 4 is 17.2 Å². The van der Waals surface area contributed by atoms with Gasteiger partial charge >= 0.3 is 0 Å². The number of rotatable bonds is 5. The third-order valence-corrected chi connectivity index (χ3v) is 4.53. The van der Waals surface area contributed by atoms with E-state index in [1.54, 1.807) is 37.1 Å². The van der Waals surface area contributed by atoms with Crippen molar-refractivity contribution in [3.05, 3.63) is 63.4 Å². The van der Waals surface area contributed by atoms with Crippen molar-refractivity contribution < 1.29 is 9.18 Å². The Morgan fingerprint density at radius 3 is 2.75 bits per heavy atom. The fraction of sp³-hybridized carbons (Fsp3) is 0.250. The zero-order valence-electron chi connectivity index (χ0n) is 13.3. The lowest BCUT2D eigenvalue weighted by Crippen LogP contribution is -2.23. The maximum absolute atomic E-state index is 12.9. The predicted octanol–water partition coefficient (Wildman–Crippen LogP) is 2.24. The Balaban J connectivity index is 1.66. The molecule has 0 fully saturated rings. The van der Waals surface area contributed by atoms with Gasteiger partial charge in [-0.05, 0) is 24.6 Å². The molecule has 24 heavy (non-hydrogen) atoms. The first-order valence-electron chi connectivity index (χ1n) is 7.34. The molecule has 1 N–H and O–H groups in total. The summed E-state index contributed by atoms with van der Waals surface area (Å²) in [5, 5.41) is 7.73. The number of aryl methyl sites for hydroxylation is 2. The molecular formula is C16H16FN5OS. The first kappa shape index (κ1) is 16.3. The van der Waals surface area contributed by atoms with Crippen molar-refractivity contribution in [2.45, 2.75) is 19.9 Å². The van der Waals surface area contributed by atoms with Gasteiger partial charge in [0.1, 0.15) is 17.0 Å². The van der Waals surface area contributed by atoms with E-state index in [0.717, 1.165) is 10.6 Å². The molecule has 1 aromatic carbocycles. The van der Waals surface area contributed by atoms with E-state index < -0.39 is 0 Å². The summed E-state index contributed by atoms with van der Waals surface area (Å²) >= 11 is 1.34. The summed E-state index contributed by atoms with van der Waals surface area (Å²) in [4.78, 5) is 21.4. The first-order valence-corrected chi connectivity index (χ1v) is 8.16. The molecule has 2 aromatic heterocycles. The van der Waals surface area contributed by atoms with Crippen LogP contribution >= 0.6 is 11.3 Å². The third kappa shape index (κ3) is 3.83. The molecule has 124 valence electrons. The number of carbonyl (C=O) groups is 1. The summed E-state index contributed by atoms with van der Waals surface area (Å²) < 4.78 is 14.5. The molecule has 0 saturated carbocycles. The van der Waals surface area contributed by atoms with Crippen molar-refractivity contribution in [3.8, 4) is 0 Å². The van der Waals surface area contributed by atoms with Gasteiger partial charge in [0.25, 0.3) is 5.91 Å². The summed E-state index contributed by atoms with van der Waals surface area (Å²) in [6, 6.07) is 6.28. The fourth-order valence-corrected chi connectivity index (χ4v) is 3.24. The Morgan fingerprint density at radius 1 is 1.33 bits per heavy atom. The molecule has 3 aromatic rings. The molecule has 0 aliphatic heterocycles. The van der Waals surface area contributed by atoms with Gasteiger partial charge in [-0.25, -0.2) is 14.4 Å². The average molecular weight is 345 g/mol. The van der Waals surface area contributed by atoms with Gasteiger partial charge in [-0.1, -0.05) is 12.1 Å². The molecule has 0 aliphatic carbocycles. The van der Waals surface area contributed by atoms with Gasteiger partial charge in [0, 0.05) is 13.5 Å². The number of carbonyl (C=O) groups excluding carboxylic acids is 1. The number of nitrogens with zero attached hydrogens (tertiary/aromatic N) is 4. The Morgan fingerprint density at radius 2 is 2.08 bits per heavy atom. The quantitative estimate of drug-likeness (QED) is 0.770.